The minimum absolute atomic E-state index is 0.0787. The Labute approximate surface area is 148 Å². The summed E-state index contributed by atoms with van der Waals surface area (Å²) >= 11 is 0. The van der Waals surface area contributed by atoms with Crippen LogP contribution in [0.3, 0.4) is 0 Å². The van der Waals surface area contributed by atoms with E-state index in [-0.39, 0.29) is 5.69 Å². The Hall–Kier alpha value is -3.68. The van der Waals surface area contributed by atoms with E-state index in [4.69, 9.17) is 10.8 Å². The van der Waals surface area contributed by atoms with Gasteiger partial charge in [-0.15, -0.1) is 0 Å². The van der Waals surface area contributed by atoms with E-state index in [0.29, 0.717) is 11.1 Å². The first-order valence-corrected chi connectivity index (χ1v) is 7.79. The number of aromatic amines is 2. The molecular weight excluding hydrogens is 334 g/mol. The summed E-state index contributed by atoms with van der Waals surface area (Å²) in [5.74, 6) is -1.51. The van der Waals surface area contributed by atoms with Crippen LogP contribution in [-0.4, -0.2) is 37.4 Å². The van der Waals surface area contributed by atoms with Crippen LogP contribution in [0, 0.1) is 13.8 Å². The zero-order valence-electron chi connectivity index (χ0n) is 14.2. The van der Waals surface area contributed by atoms with Crippen molar-refractivity contribution in [1.29, 1.82) is 0 Å². The first-order valence-electron chi connectivity index (χ1n) is 7.79. The number of hydrogen-bond acceptors (Lipinski definition) is 4. The van der Waals surface area contributed by atoms with Crippen LogP contribution >= 0.6 is 0 Å². The molecule has 0 aliphatic heterocycles. The zero-order valence-corrected chi connectivity index (χ0v) is 14.2. The average Bonchev–Trinajstić information content (AvgIpc) is 3.18. The summed E-state index contributed by atoms with van der Waals surface area (Å²) in [6.45, 7) is 3.92. The molecule has 0 aliphatic carbocycles. The second kappa shape index (κ2) is 6.67. The van der Waals surface area contributed by atoms with E-state index in [2.05, 4.69) is 20.4 Å². The molecule has 0 spiro atoms. The van der Waals surface area contributed by atoms with Gasteiger partial charge in [0.15, 0.2) is 11.4 Å². The van der Waals surface area contributed by atoms with Crippen molar-refractivity contribution < 1.29 is 14.7 Å². The lowest BCUT2D eigenvalue weighted by Crippen LogP contribution is -2.11. The fourth-order valence-corrected chi connectivity index (χ4v) is 2.62. The molecule has 2 aromatic heterocycles. The SMILES string of the molecule is Cc1ccc2c(C(=O)O)n[nH]c2c1.Cc1ccc2c(C(N)=O)n[nH]c2c1. The molecule has 8 heteroatoms. The number of aromatic carboxylic acids is 1. The van der Waals surface area contributed by atoms with Crippen LogP contribution in [0.15, 0.2) is 36.4 Å². The minimum atomic E-state index is -1.00. The minimum Gasteiger partial charge on any atom is -0.476 e. The molecular formula is C18H17N5O3. The maximum Gasteiger partial charge on any atom is 0.357 e. The topological polar surface area (TPSA) is 138 Å². The molecule has 0 saturated heterocycles. The van der Waals surface area contributed by atoms with Crippen LogP contribution in [-0.2, 0) is 0 Å². The summed E-state index contributed by atoms with van der Waals surface area (Å²) < 4.78 is 0. The molecule has 5 N–H and O–H groups in total. The van der Waals surface area contributed by atoms with Crippen molar-refractivity contribution in [2.75, 3.05) is 0 Å². The van der Waals surface area contributed by atoms with Gasteiger partial charge in [0.05, 0.1) is 11.0 Å². The largest absolute Gasteiger partial charge is 0.476 e. The Bertz CT molecular complexity index is 1040. The van der Waals surface area contributed by atoms with E-state index in [1.165, 1.54) is 0 Å². The summed E-state index contributed by atoms with van der Waals surface area (Å²) in [6, 6.07) is 11.2. The van der Waals surface area contributed by atoms with Gasteiger partial charge in [-0.2, -0.15) is 10.2 Å². The van der Waals surface area contributed by atoms with E-state index >= 15 is 0 Å². The molecule has 0 aliphatic rings. The van der Waals surface area contributed by atoms with E-state index in [0.717, 1.165) is 27.5 Å². The number of rotatable bonds is 2. The quantitative estimate of drug-likeness (QED) is 0.440. The lowest BCUT2D eigenvalue weighted by atomic mass is 10.1. The summed E-state index contributed by atoms with van der Waals surface area (Å²) in [5, 5.41) is 23.2. The van der Waals surface area contributed by atoms with Crippen LogP contribution in [0.2, 0.25) is 0 Å². The second-order valence-electron chi connectivity index (χ2n) is 5.91. The molecule has 0 bridgehead atoms. The van der Waals surface area contributed by atoms with E-state index < -0.39 is 11.9 Å². The van der Waals surface area contributed by atoms with Crippen molar-refractivity contribution in [3.63, 3.8) is 0 Å². The number of carbonyl (C=O) groups excluding carboxylic acids is 1. The smallest absolute Gasteiger partial charge is 0.357 e. The summed E-state index contributed by atoms with van der Waals surface area (Å²) in [6.07, 6.45) is 0. The maximum atomic E-state index is 10.9. The number of amides is 1. The lowest BCUT2D eigenvalue weighted by Gasteiger charge is -1.92. The molecule has 0 saturated carbocycles. The number of nitrogens with one attached hydrogen (secondary N) is 2. The van der Waals surface area contributed by atoms with Crippen molar-refractivity contribution in [2.45, 2.75) is 13.8 Å². The molecule has 8 nitrogen and oxygen atoms in total. The van der Waals surface area contributed by atoms with Crippen LogP contribution < -0.4 is 5.73 Å². The fraction of sp³-hybridized carbons (Fsp3) is 0.111. The molecule has 2 aromatic carbocycles. The van der Waals surface area contributed by atoms with Crippen LogP contribution in [0.25, 0.3) is 21.8 Å². The number of benzene rings is 2. The van der Waals surface area contributed by atoms with Crippen molar-refractivity contribution in [3.05, 3.63) is 58.9 Å². The van der Waals surface area contributed by atoms with Crippen LogP contribution in [0.5, 0.6) is 0 Å². The van der Waals surface area contributed by atoms with Crippen LogP contribution in [0.4, 0.5) is 0 Å². The number of carboxylic acids is 1. The predicted molar refractivity (Wildman–Crippen MR) is 97.1 cm³/mol. The number of primary amides is 1. The van der Waals surface area contributed by atoms with Gasteiger partial charge in [0.25, 0.3) is 5.91 Å². The Morgan fingerprint density at radius 1 is 0.885 bits per heavy atom. The molecule has 2 heterocycles. The Morgan fingerprint density at radius 2 is 1.35 bits per heavy atom. The van der Waals surface area contributed by atoms with Gasteiger partial charge in [-0.3, -0.25) is 15.0 Å². The number of nitrogens with zero attached hydrogens (tertiary/aromatic N) is 2. The number of H-pyrrole nitrogens is 2. The van der Waals surface area contributed by atoms with E-state index in [9.17, 15) is 9.59 Å². The normalized spacial score (nSPS) is 10.5. The fourth-order valence-electron chi connectivity index (χ4n) is 2.62. The molecule has 0 unspecified atom stereocenters. The third-order valence-electron chi connectivity index (χ3n) is 3.87. The van der Waals surface area contributed by atoms with Crippen molar-refractivity contribution >= 4 is 33.7 Å². The van der Waals surface area contributed by atoms with E-state index in [1.807, 2.05) is 44.2 Å². The van der Waals surface area contributed by atoms with Crippen molar-refractivity contribution in [2.24, 2.45) is 5.73 Å². The molecule has 0 fully saturated rings. The number of carboxylic acid groups (broad SMARTS) is 1. The molecule has 4 rings (SSSR count). The first kappa shape index (κ1) is 17.2. The Balaban J connectivity index is 0.000000151. The van der Waals surface area contributed by atoms with Gasteiger partial charge in [0.2, 0.25) is 0 Å². The first-order chi connectivity index (χ1) is 12.4. The highest BCUT2D eigenvalue weighted by molar-refractivity contribution is 6.04. The summed E-state index contributed by atoms with van der Waals surface area (Å²) in [7, 11) is 0. The summed E-state index contributed by atoms with van der Waals surface area (Å²) in [5.41, 5.74) is 9.32. The molecule has 132 valence electrons. The lowest BCUT2D eigenvalue weighted by molar-refractivity contribution is 0.0692. The maximum absolute atomic E-state index is 10.9. The molecule has 1 amide bonds. The highest BCUT2D eigenvalue weighted by atomic mass is 16.4. The number of fused-ring (bicyclic) bond motifs is 2. The predicted octanol–water partition coefficient (Wildman–Crippen LogP) is 2.54. The molecule has 4 aromatic rings. The highest BCUT2D eigenvalue weighted by Gasteiger charge is 2.11. The van der Waals surface area contributed by atoms with Gasteiger partial charge < -0.3 is 10.8 Å². The molecule has 26 heavy (non-hydrogen) atoms. The van der Waals surface area contributed by atoms with Gasteiger partial charge in [-0.25, -0.2) is 4.79 Å². The third-order valence-corrected chi connectivity index (χ3v) is 3.87. The van der Waals surface area contributed by atoms with Gasteiger partial charge in [0, 0.05) is 10.8 Å². The van der Waals surface area contributed by atoms with Crippen molar-refractivity contribution in [1.82, 2.24) is 20.4 Å². The standard InChI is InChI=1S/C9H9N3O.C9H8N2O2/c1-5-2-3-6-7(4-5)11-12-8(6)9(10)13;1-5-2-3-6-7(4-5)10-11-8(6)9(12)13/h2-4H,1H3,(H2,10,13)(H,11,12);2-4H,1H3,(H,10,11)(H,12,13). The van der Waals surface area contributed by atoms with Gasteiger partial charge in [-0.1, -0.05) is 24.3 Å². The summed E-state index contributed by atoms with van der Waals surface area (Å²) in [4.78, 5) is 21.6. The molecule has 0 radical (unpaired) electrons. The van der Waals surface area contributed by atoms with Gasteiger partial charge in [-0.05, 0) is 37.1 Å². The van der Waals surface area contributed by atoms with Gasteiger partial charge in [0.1, 0.15) is 0 Å². The second-order valence-corrected chi connectivity index (χ2v) is 5.91. The number of aryl methyl sites for hydroxylation is 2. The van der Waals surface area contributed by atoms with Crippen LogP contribution in [0.1, 0.15) is 32.1 Å². The third kappa shape index (κ3) is 3.25. The average molecular weight is 351 g/mol. The molecule has 0 atom stereocenters. The highest BCUT2D eigenvalue weighted by Crippen LogP contribution is 2.17. The zero-order chi connectivity index (χ0) is 18.8. The Morgan fingerprint density at radius 3 is 1.81 bits per heavy atom. The number of carbonyl (C=O) groups is 2. The van der Waals surface area contributed by atoms with E-state index in [1.54, 1.807) is 6.07 Å². The van der Waals surface area contributed by atoms with Gasteiger partial charge >= 0.3 is 5.97 Å². The Kier molecular flexibility index (Phi) is 4.40. The number of aromatic nitrogens is 4. The number of hydrogen-bond donors (Lipinski definition) is 4. The van der Waals surface area contributed by atoms with Crippen molar-refractivity contribution in [3.8, 4) is 0 Å². The monoisotopic (exact) mass is 351 g/mol. The number of nitrogens with two attached hydrogens (primary N) is 1.